The SMILES string of the molecule is CN(C(=O)c1ccc(S(=O)(=O)N2CCNC(=O)C2)cc1)C1CCCCC1. The Balaban J connectivity index is 1.73. The van der Waals surface area contributed by atoms with E-state index in [1.165, 1.54) is 18.6 Å². The molecular weight excluding hydrogens is 354 g/mol. The first kappa shape index (κ1) is 18.8. The molecule has 2 aliphatic rings. The number of hydrogen-bond donors (Lipinski definition) is 1. The molecule has 1 saturated carbocycles. The van der Waals surface area contributed by atoms with Crippen LogP contribution >= 0.6 is 0 Å². The summed E-state index contributed by atoms with van der Waals surface area (Å²) in [5.74, 6) is -0.390. The van der Waals surface area contributed by atoms with Crippen LogP contribution in [0.1, 0.15) is 42.5 Å². The van der Waals surface area contributed by atoms with Crippen LogP contribution < -0.4 is 5.32 Å². The Morgan fingerprint density at radius 3 is 2.42 bits per heavy atom. The highest BCUT2D eigenvalue weighted by atomic mass is 32.2. The van der Waals surface area contributed by atoms with E-state index in [1.54, 1.807) is 17.0 Å². The monoisotopic (exact) mass is 379 g/mol. The summed E-state index contributed by atoms with van der Waals surface area (Å²) in [5, 5.41) is 2.61. The summed E-state index contributed by atoms with van der Waals surface area (Å²) < 4.78 is 26.5. The maximum Gasteiger partial charge on any atom is 0.253 e. The lowest BCUT2D eigenvalue weighted by Crippen LogP contribution is -2.49. The molecule has 2 amide bonds. The zero-order valence-corrected chi connectivity index (χ0v) is 15.8. The molecule has 7 nitrogen and oxygen atoms in total. The van der Waals surface area contributed by atoms with Crippen LogP contribution in [0.3, 0.4) is 0 Å². The topological polar surface area (TPSA) is 86.8 Å². The molecule has 0 spiro atoms. The number of rotatable bonds is 4. The molecule has 0 aromatic heterocycles. The summed E-state index contributed by atoms with van der Waals surface area (Å²) in [6.07, 6.45) is 5.54. The normalized spacial score (nSPS) is 19.8. The standard InChI is InChI=1S/C18H25N3O4S/c1-20(15-5-3-2-4-6-15)18(23)14-7-9-16(10-8-14)26(24,25)21-12-11-19-17(22)13-21/h7-10,15H,2-6,11-13H2,1H3,(H,19,22). The molecule has 2 fully saturated rings. The Morgan fingerprint density at radius 2 is 1.81 bits per heavy atom. The van der Waals surface area contributed by atoms with E-state index in [0.717, 1.165) is 30.0 Å². The second-order valence-corrected chi connectivity index (χ2v) is 8.86. The van der Waals surface area contributed by atoms with Gasteiger partial charge in [0.2, 0.25) is 15.9 Å². The highest BCUT2D eigenvalue weighted by Gasteiger charge is 2.29. The van der Waals surface area contributed by atoms with Gasteiger partial charge in [0.25, 0.3) is 5.91 Å². The third kappa shape index (κ3) is 3.91. The average Bonchev–Trinajstić information content (AvgIpc) is 2.67. The van der Waals surface area contributed by atoms with Crippen LogP contribution in [0.2, 0.25) is 0 Å². The van der Waals surface area contributed by atoms with Gasteiger partial charge in [0.05, 0.1) is 11.4 Å². The molecule has 1 aromatic carbocycles. The minimum Gasteiger partial charge on any atom is -0.354 e. The molecule has 3 rings (SSSR count). The zero-order valence-electron chi connectivity index (χ0n) is 15.0. The molecule has 26 heavy (non-hydrogen) atoms. The van der Waals surface area contributed by atoms with E-state index in [9.17, 15) is 18.0 Å². The van der Waals surface area contributed by atoms with Crippen molar-refractivity contribution >= 4 is 21.8 Å². The number of nitrogens with zero attached hydrogens (tertiary/aromatic N) is 2. The number of carbonyl (C=O) groups is 2. The van der Waals surface area contributed by atoms with Crippen LogP contribution in [0.5, 0.6) is 0 Å². The van der Waals surface area contributed by atoms with Crippen LogP contribution in [0.4, 0.5) is 0 Å². The second-order valence-electron chi connectivity index (χ2n) is 6.92. The predicted molar refractivity (Wildman–Crippen MR) is 97.2 cm³/mol. The van der Waals surface area contributed by atoms with Gasteiger partial charge in [-0.25, -0.2) is 8.42 Å². The van der Waals surface area contributed by atoms with Crippen molar-refractivity contribution in [2.24, 2.45) is 0 Å². The number of benzene rings is 1. The van der Waals surface area contributed by atoms with E-state index < -0.39 is 10.0 Å². The lowest BCUT2D eigenvalue weighted by Gasteiger charge is -2.31. The van der Waals surface area contributed by atoms with Crippen LogP contribution in [0.25, 0.3) is 0 Å². The Hall–Kier alpha value is -1.93. The first-order valence-electron chi connectivity index (χ1n) is 9.03. The molecule has 0 unspecified atom stereocenters. The van der Waals surface area contributed by atoms with Gasteiger partial charge in [-0.3, -0.25) is 9.59 Å². The lowest BCUT2D eigenvalue weighted by atomic mass is 9.94. The van der Waals surface area contributed by atoms with Crippen LogP contribution in [0.15, 0.2) is 29.2 Å². The Bertz CT molecular complexity index is 770. The van der Waals surface area contributed by atoms with Gasteiger partial charge in [-0.15, -0.1) is 0 Å². The van der Waals surface area contributed by atoms with Crippen molar-refractivity contribution in [3.05, 3.63) is 29.8 Å². The molecule has 0 radical (unpaired) electrons. The average molecular weight is 379 g/mol. The van der Waals surface area contributed by atoms with Crippen molar-refractivity contribution in [2.45, 2.75) is 43.0 Å². The van der Waals surface area contributed by atoms with Crippen molar-refractivity contribution in [1.29, 1.82) is 0 Å². The second kappa shape index (κ2) is 7.75. The summed E-state index contributed by atoms with van der Waals surface area (Å²) >= 11 is 0. The van der Waals surface area contributed by atoms with Crippen molar-refractivity contribution in [3.8, 4) is 0 Å². The Kier molecular flexibility index (Phi) is 5.62. The maximum atomic E-state index is 12.7. The molecular formula is C18H25N3O4S. The highest BCUT2D eigenvalue weighted by molar-refractivity contribution is 7.89. The van der Waals surface area contributed by atoms with Crippen molar-refractivity contribution < 1.29 is 18.0 Å². The largest absolute Gasteiger partial charge is 0.354 e. The van der Waals surface area contributed by atoms with E-state index in [2.05, 4.69) is 5.32 Å². The van der Waals surface area contributed by atoms with Gasteiger partial charge >= 0.3 is 0 Å². The van der Waals surface area contributed by atoms with E-state index in [0.29, 0.717) is 12.1 Å². The van der Waals surface area contributed by atoms with E-state index in [4.69, 9.17) is 0 Å². The zero-order chi connectivity index (χ0) is 18.7. The van der Waals surface area contributed by atoms with E-state index in [-0.39, 0.29) is 35.8 Å². The smallest absolute Gasteiger partial charge is 0.253 e. The predicted octanol–water partition coefficient (Wildman–Crippen LogP) is 1.21. The van der Waals surface area contributed by atoms with Crippen molar-refractivity contribution in [1.82, 2.24) is 14.5 Å². The van der Waals surface area contributed by atoms with Gasteiger partial charge in [0.1, 0.15) is 0 Å². The van der Waals surface area contributed by atoms with E-state index >= 15 is 0 Å². The van der Waals surface area contributed by atoms with Gasteiger partial charge in [-0.05, 0) is 37.1 Å². The summed E-state index contributed by atoms with van der Waals surface area (Å²) in [6, 6.07) is 6.26. The summed E-state index contributed by atoms with van der Waals surface area (Å²) in [6.45, 7) is 0.382. The fraction of sp³-hybridized carbons (Fsp3) is 0.556. The molecule has 142 valence electrons. The van der Waals surface area contributed by atoms with Crippen LogP contribution in [-0.4, -0.2) is 62.2 Å². The Labute approximate surface area is 154 Å². The number of nitrogens with one attached hydrogen (secondary N) is 1. The van der Waals surface area contributed by atoms with Gasteiger partial charge in [-0.1, -0.05) is 19.3 Å². The van der Waals surface area contributed by atoms with Gasteiger partial charge in [0.15, 0.2) is 0 Å². The fourth-order valence-corrected chi connectivity index (χ4v) is 4.97. The van der Waals surface area contributed by atoms with Crippen LogP contribution in [-0.2, 0) is 14.8 Å². The minimum atomic E-state index is -3.73. The minimum absolute atomic E-state index is 0.0850. The molecule has 0 bridgehead atoms. The number of piperazine rings is 1. The number of carbonyl (C=O) groups excluding carboxylic acids is 2. The molecule has 1 heterocycles. The number of sulfonamides is 1. The van der Waals surface area contributed by atoms with Crippen LogP contribution in [0, 0.1) is 0 Å². The molecule has 1 aliphatic heterocycles. The summed E-state index contributed by atoms with van der Waals surface area (Å²) in [5.41, 5.74) is 0.480. The van der Waals surface area contributed by atoms with E-state index in [1.807, 2.05) is 7.05 Å². The number of amides is 2. The van der Waals surface area contributed by atoms with Crippen molar-refractivity contribution in [3.63, 3.8) is 0 Å². The third-order valence-corrected chi connectivity index (χ3v) is 7.04. The van der Waals surface area contributed by atoms with Gasteiger partial charge < -0.3 is 10.2 Å². The molecule has 1 aliphatic carbocycles. The Morgan fingerprint density at radius 1 is 1.15 bits per heavy atom. The molecule has 1 N–H and O–H groups in total. The molecule has 1 saturated heterocycles. The van der Waals surface area contributed by atoms with Gasteiger partial charge in [0, 0.05) is 31.7 Å². The quantitative estimate of drug-likeness (QED) is 0.852. The molecule has 8 heteroatoms. The third-order valence-electron chi connectivity index (χ3n) is 5.19. The molecule has 1 aromatic rings. The first-order chi connectivity index (χ1) is 12.4. The van der Waals surface area contributed by atoms with Crippen molar-refractivity contribution in [2.75, 3.05) is 26.7 Å². The first-order valence-corrected chi connectivity index (χ1v) is 10.5. The maximum absolute atomic E-state index is 12.7. The molecule has 0 atom stereocenters. The van der Waals surface area contributed by atoms with Gasteiger partial charge in [-0.2, -0.15) is 4.31 Å². The summed E-state index contributed by atoms with van der Waals surface area (Å²) in [4.78, 5) is 26.0. The fourth-order valence-electron chi connectivity index (χ4n) is 3.58. The highest BCUT2D eigenvalue weighted by Crippen LogP contribution is 2.23. The lowest BCUT2D eigenvalue weighted by molar-refractivity contribution is -0.122. The summed E-state index contributed by atoms with van der Waals surface area (Å²) in [7, 11) is -1.92. The number of hydrogen-bond acceptors (Lipinski definition) is 4.